The molecule has 0 spiro atoms. The zero-order valence-corrected chi connectivity index (χ0v) is 15.9. The first-order chi connectivity index (χ1) is 12.5. The number of aryl methyl sites for hydroxylation is 1. The number of aliphatic imine (C=N–C) groups is 1. The average Bonchev–Trinajstić information content (AvgIpc) is 2.95. The van der Waals surface area contributed by atoms with Crippen LogP contribution in [0.15, 0.2) is 22.6 Å². The maximum atomic E-state index is 13.1. The highest BCUT2D eigenvalue weighted by Gasteiger charge is 2.38. The van der Waals surface area contributed by atoms with Crippen molar-refractivity contribution in [2.45, 2.75) is 39.4 Å². The molecule has 4 N–H and O–H groups in total. The van der Waals surface area contributed by atoms with E-state index in [9.17, 15) is 18.0 Å². The largest absolute Gasteiger partial charge is 0.417 e. The van der Waals surface area contributed by atoms with Crippen molar-refractivity contribution in [3.63, 3.8) is 0 Å². The Kier molecular flexibility index (Phi) is 5.71. The molecule has 1 amide bonds. The van der Waals surface area contributed by atoms with Gasteiger partial charge < -0.3 is 21.3 Å². The number of nitrogens with zero attached hydrogens (tertiary/aromatic N) is 3. The third-order valence-electron chi connectivity index (χ3n) is 4.14. The quantitative estimate of drug-likeness (QED) is 0.613. The van der Waals surface area contributed by atoms with Gasteiger partial charge in [0.1, 0.15) is 11.4 Å². The molecule has 1 aliphatic heterocycles. The van der Waals surface area contributed by atoms with Gasteiger partial charge in [-0.15, -0.1) is 0 Å². The summed E-state index contributed by atoms with van der Waals surface area (Å²) in [4.78, 5) is 16.0. The fourth-order valence-electron chi connectivity index (χ4n) is 2.50. The molecule has 0 unspecified atom stereocenters. The predicted molar refractivity (Wildman–Crippen MR) is 96.2 cm³/mol. The van der Waals surface area contributed by atoms with Gasteiger partial charge in [-0.05, 0) is 27.7 Å². The Morgan fingerprint density at radius 1 is 1.37 bits per heavy atom. The normalized spacial score (nSPS) is 15.2. The van der Waals surface area contributed by atoms with Gasteiger partial charge in [0, 0.05) is 13.6 Å². The van der Waals surface area contributed by atoms with Crippen molar-refractivity contribution in [3.8, 4) is 0 Å². The molecule has 27 heavy (non-hydrogen) atoms. The Morgan fingerprint density at radius 2 is 2.04 bits per heavy atom. The fourth-order valence-corrected chi connectivity index (χ4v) is 2.50. The van der Waals surface area contributed by atoms with Crippen LogP contribution in [-0.2, 0) is 10.3 Å². The molecule has 8 nitrogen and oxygen atoms in total. The van der Waals surface area contributed by atoms with Crippen molar-refractivity contribution in [2.75, 3.05) is 25.5 Å². The number of nitrogens with one attached hydrogen (secondary N) is 4. The molecule has 2 heterocycles. The minimum Gasteiger partial charge on any atom is -0.370 e. The molecule has 0 saturated heterocycles. The van der Waals surface area contributed by atoms with E-state index in [4.69, 9.17) is 0 Å². The van der Waals surface area contributed by atoms with Crippen molar-refractivity contribution in [1.29, 1.82) is 0 Å². The van der Waals surface area contributed by atoms with E-state index in [1.807, 2.05) is 0 Å². The van der Waals surface area contributed by atoms with Gasteiger partial charge in [0.25, 0.3) is 0 Å². The first kappa shape index (κ1) is 20.6. The Hall–Kier alpha value is -2.72. The van der Waals surface area contributed by atoms with Crippen LogP contribution in [0.3, 0.4) is 0 Å². The Labute approximate surface area is 155 Å². The highest BCUT2D eigenvalue weighted by atomic mass is 19.4. The number of rotatable bonds is 5. The van der Waals surface area contributed by atoms with Gasteiger partial charge in [-0.1, -0.05) is 0 Å². The molecular formula is C16H24F3N7O. The van der Waals surface area contributed by atoms with Crippen LogP contribution in [0.4, 0.5) is 18.9 Å². The van der Waals surface area contributed by atoms with Crippen molar-refractivity contribution < 1.29 is 18.0 Å². The molecule has 0 aliphatic carbocycles. The third kappa shape index (κ3) is 4.34. The lowest BCUT2D eigenvalue weighted by Gasteiger charge is -2.24. The van der Waals surface area contributed by atoms with Crippen molar-refractivity contribution in [2.24, 2.45) is 4.99 Å². The highest BCUT2D eigenvalue weighted by Crippen LogP contribution is 2.29. The molecule has 0 aromatic carbocycles. The number of hydrogen-bond donors (Lipinski definition) is 4. The molecular weight excluding hydrogens is 363 g/mol. The lowest BCUT2D eigenvalue weighted by molar-refractivity contribution is -0.128. The molecule has 0 saturated carbocycles. The van der Waals surface area contributed by atoms with E-state index < -0.39 is 23.8 Å². The summed E-state index contributed by atoms with van der Waals surface area (Å²) in [6.45, 7) is 6.74. The standard InChI is InChI=1S/C16H24F3N7O/c1-6-21-12-10(16(17,18)19)7-22-14(24-12)23-11-8-26(25-9(11)2)15(3,4)13(27)20-5/h8,21H,6-7H2,1-5H3,(H,20,27)(H2,22,23,24). The first-order valence-electron chi connectivity index (χ1n) is 8.43. The molecule has 1 aromatic rings. The summed E-state index contributed by atoms with van der Waals surface area (Å²) in [7, 11) is 1.53. The monoisotopic (exact) mass is 387 g/mol. The summed E-state index contributed by atoms with van der Waals surface area (Å²) >= 11 is 0. The zero-order valence-electron chi connectivity index (χ0n) is 15.9. The predicted octanol–water partition coefficient (Wildman–Crippen LogP) is 1.43. The average molecular weight is 387 g/mol. The van der Waals surface area contributed by atoms with E-state index in [1.54, 1.807) is 33.9 Å². The van der Waals surface area contributed by atoms with E-state index >= 15 is 0 Å². The number of aromatic nitrogens is 2. The molecule has 0 radical (unpaired) electrons. The highest BCUT2D eigenvalue weighted by molar-refractivity contribution is 5.95. The Balaban J connectivity index is 2.30. The minimum atomic E-state index is -4.47. The zero-order chi connectivity index (χ0) is 20.4. The van der Waals surface area contributed by atoms with Crippen LogP contribution in [0, 0.1) is 6.92 Å². The summed E-state index contributed by atoms with van der Waals surface area (Å²) in [5, 5.41) is 15.1. The van der Waals surface area contributed by atoms with Crippen LogP contribution in [0.2, 0.25) is 0 Å². The lowest BCUT2D eigenvalue weighted by Crippen LogP contribution is -2.43. The van der Waals surface area contributed by atoms with E-state index in [2.05, 4.69) is 31.4 Å². The number of guanidine groups is 1. The van der Waals surface area contributed by atoms with Gasteiger partial charge in [0.2, 0.25) is 11.9 Å². The molecule has 1 aromatic heterocycles. The van der Waals surface area contributed by atoms with Crippen molar-refractivity contribution in [1.82, 2.24) is 25.7 Å². The molecule has 0 fully saturated rings. The first-order valence-corrected chi connectivity index (χ1v) is 8.43. The maximum absolute atomic E-state index is 13.1. The van der Waals surface area contributed by atoms with Crippen LogP contribution < -0.4 is 21.3 Å². The number of amides is 1. The van der Waals surface area contributed by atoms with E-state index in [1.165, 1.54) is 11.7 Å². The third-order valence-corrected chi connectivity index (χ3v) is 4.14. The summed E-state index contributed by atoms with van der Waals surface area (Å²) < 4.78 is 40.8. The molecule has 0 atom stereocenters. The van der Waals surface area contributed by atoms with Gasteiger partial charge in [0.05, 0.1) is 29.7 Å². The van der Waals surface area contributed by atoms with Gasteiger partial charge in [-0.25, -0.2) is 0 Å². The van der Waals surface area contributed by atoms with E-state index in [0.29, 0.717) is 17.9 Å². The van der Waals surface area contributed by atoms with Crippen LogP contribution in [0.25, 0.3) is 0 Å². The van der Waals surface area contributed by atoms with Gasteiger partial charge in [-0.2, -0.15) is 23.3 Å². The van der Waals surface area contributed by atoms with Crippen LogP contribution >= 0.6 is 0 Å². The van der Waals surface area contributed by atoms with Crippen molar-refractivity contribution in [3.05, 3.63) is 23.3 Å². The topological polar surface area (TPSA) is 95.4 Å². The Morgan fingerprint density at radius 3 is 2.59 bits per heavy atom. The summed E-state index contributed by atoms with van der Waals surface area (Å²) in [5.41, 5.74) is -0.584. The van der Waals surface area contributed by atoms with Crippen LogP contribution in [0.1, 0.15) is 26.5 Å². The number of carbonyl (C=O) groups is 1. The molecule has 1 aliphatic rings. The van der Waals surface area contributed by atoms with Crippen LogP contribution in [0.5, 0.6) is 0 Å². The Bertz CT molecular complexity index is 777. The molecule has 150 valence electrons. The molecule has 0 bridgehead atoms. The lowest BCUT2D eigenvalue weighted by atomic mass is 10.1. The fraction of sp³-hybridized carbons (Fsp3) is 0.562. The van der Waals surface area contributed by atoms with Crippen molar-refractivity contribution >= 4 is 17.6 Å². The number of halogens is 3. The number of likely N-dealkylation sites (N-methyl/N-ethyl adjacent to an activating group) is 1. The van der Waals surface area contributed by atoms with Gasteiger partial charge in [0.15, 0.2) is 0 Å². The minimum absolute atomic E-state index is 0.166. The number of anilines is 1. The summed E-state index contributed by atoms with van der Waals surface area (Å²) in [6.07, 6.45) is -2.86. The number of alkyl halides is 3. The second-order valence-corrected chi connectivity index (χ2v) is 6.51. The summed E-state index contributed by atoms with van der Waals surface area (Å²) in [5.74, 6) is -0.279. The second-order valence-electron chi connectivity index (χ2n) is 6.51. The number of hydrogen-bond acceptors (Lipinski definition) is 6. The summed E-state index contributed by atoms with van der Waals surface area (Å²) in [6, 6.07) is 0. The second kappa shape index (κ2) is 7.49. The van der Waals surface area contributed by atoms with E-state index in [-0.39, 0.29) is 17.7 Å². The smallest absolute Gasteiger partial charge is 0.370 e. The van der Waals surface area contributed by atoms with Gasteiger partial charge in [-0.3, -0.25) is 9.48 Å². The molecule has 2 rings (SSSR count). The van der Waals surface area contributed by atoms with Crippen LogP contribution in [-0.4, -0.2) is 48.0 Å². The number of carbonyl (C=O) groups excluding carboxylic acids is 1. The SMILES string of the molecule is CCNC1=C(C(F)(F)F)CNC(Nc2cn(C(C)(C)C(=O)NC)nc2C)=N1. The molecule has 11 heteroatoms. The van der Waals surface area contributed by atoms with Gasteiger partial charge >= 0.3 is 6.18 Å². The van der Waals surface area contributed by atoms with E-state index in [0.717, 1.165) is 0 Å². The maximum Gasteiger partial charge on any atom is 0.417 e.